The maximum Gasteiger partial charge on any atom is 0.131 e. The first-order valence-corrected chi connectivity index (χ1v) is 8.28. The zero-order chi connectivity index (χ0) is 16.7. The number of halogens is 2. The third-order valence-electron chi connectivity index (χ3n) is 5.77. The van der Waals surface area contributed by atoms with Gasteiger partial charge in [-0.15, -0.1) is 0 Å². The normalized spacial score (nSPS) is 30.7. The van der Waals surface area contributed by atoms with Crippen molar-refractivity contribution >= 4 is 6.29 Å². The minimum absolute atomic E-state index is 0.112. The van der Waals surface area contributed by atoms with Gasteiger partial charge in [-0.1, -0.05) is 36.4 Å². The van der Waals surface area contributed by atoms with Gasteiger partial charge in [0.1, 0.15) is 17.9 Å². The molecule has 0 unspecified atom stereocenters. The van der Waals surface area contributed by atoms with Gasteiger partial charge in [0.05, 0.1) is 5.41 Å². The first-order valence-electron chi connectivity index (χ1n) is 8.28. The van der Waals surface area contributed by atoms with E-state index in [0.717, 1.165) is 23.8 Å². The smallest absolute Gasteiger partial charge is 0.131 e. The van der Waals surface area contributed by atoms with Crippen molar-refractivity contribution in [3.63, 3.8) is 0 Å². The molecule has 3 heteroatoms. The summed E-state index contributed by atoms with van der Waals surface area (Å²) >= 11 is 0. The molecule has 0 amide bonds. The van der Waals surface area contributed by atoms with Crippen LogP contribution in [0, 0.1) is 29.4 Å². The van der Waals surface area contributed by atoms with E-state index in [-0.39, 0.29) is 23.5 Å². The van der Waals surface area contributed by atoms with E-state index >= 15 is 0 Å². The topological polar surface area (TPSA) is 17.1 Å². The minimum atomic E-state index is -0.624. The molecular weight excluding hydrogens is 306 g/mol. The lowest BCUT2D eigenvalue weighted by Crippen LogP contribution is -2.41. The van der Waals surface area contributed by atoms with E-state index in [2.05, 4.69) is 12.2 Å². The fraction of sp³-hybridized carbons (Fsp3) is 0.286. The Hall–Kier alpha value is -2.29. The molecule has 0 spiro atoms. The second-order valence-electron chi connectivity index (χ2n) is 6.89. The van der Waals surface area contributed by atoms with Gasteiger partial charge in [-0.3, -0.25) is 0 Å². The number of fused-ring (bicyclic) bond motifs is 2. The van der Waals surface area contributed by atoms with Crippen molar-refractivity contribution in [3.8, 4) is 0 Å². The Kier molecular flexibility index (Phi) is 3.60. The highest BCUT2D eigenvalue weighted by molar-refractivity contribution is 5.72. The Morgan fingerprint density at radius 1 is 0.958 bits per heavy atom. The largest absolute Gasteiger partial charge is 0.302 e. The Morgan fingerprint density at radius 3 is 2.21 bits per heavy atom. The molecule has 4 rings (SSSR count). The van der Waals surface area contributed by atoms with E-state index < -0.39 is 5.41 Å². The lowest BCUT2D eigenvalue weighted by atomic mass is 9.63. The predicted octanol–water partition coefficient (Wildman–Crippen LogP) is 4.47. The number of carbonyl (C=O) groups excluding carboxylic acids is 1. The molecule has 0 aromatic heterocycles. The molecule has 2 aliphatic rings. The predicted molar refractivity (Wildman–Crippen MR) is 88.5 cm³/mol. The summed E-state index contributed by atoms with van der Waals surface area (Å²) in [6.45, 7) is 0. The molecule has 2 aromatic carbocycles. The zero-order valence-corrected chi connectivity index (χ0v) is 13.2. The Morgan fingerprint density at radius 2 is 1.58 bits per heavy atom. The number of hydrogen-bond donors (Lipinski definition) is 0. The van der Waals surface area contributed by atoms with E-state index in [4.69, 9.17) is 0 Å². The van der Waals surface area contributed by atoms with Gasteiger partial charge < -0.3 is 4.79 Å². The first kappa shape index (κ1) is 15.3. The molecule has 4 atom stereocenters. The maximum atomic E-state index is 13.3. The van der Waals surface area contributed by atoms with E-state index in [1.165, 1.54) is 24.3 Å². The molecule has 122 valence electrons. The van der Waals surface area contributed by atoms with Crippen LogP contribution in [0.5, 0.6) is 0 Å². The lowest BCUT2D eigenvalue weighted by Gasteiger charge is -2.38. The molecule has 0 radical (unpaired) electrons. The third-order valence-corrected chi connectivity index (χ3v) is 5.77. The van der Waals surface area contributed by atoms with E-state index in [9.17, 15) is 13.6 Å². The highest BCUT2D eigenvalue weighted by atomic mass is 19.1. The number of rotatable bonds is 4. The third kappa shape index (κ3) is 2.22. The van der Waals surface area contributed by atoms with Crippen LogP contribution in [0.15, 0.2) is 60.7 Å². The molecule has 1 nitrogen and oxygen atoms in total. The van der Waals surface area contributed by atoms with Crippen LogP contribution >= 0.6 is 0 Å². The van der Waals surface area contributed by atoms with Crippen LogP contribution in [0.4, 0.5) is 8.78 Å². The van der Waals surface area contributed by atoms with Gasteiger partial charge in [0.25, 0.3) is 0 Å². The highest BCUT2D eigenvalue weighted by Gasteiger charge is 2.56. The van der Waals surface area contributed by atoms with Crippen molar-refractivity contribution in [2.45, 2.75) is 18.3 Å². The number of allylic oxidation sites excluding steroid dienone is 2. The summed E-state index contributed by atoms with van der Waals surface area (Å²) in [5.41, 5.74) is 1.28. The van der Waals surface area contributed by atoms with Gasteiger partial charge >= 0.3 is 0 Å². The van der Waals surface area contributed by atoms with Crippen molar-refractivity contribution in [3.05, 3.63) is 83.4 Å². The standard InChI is InChI=1S/C21H18F2O/c22-18-7-1-14(2-8-18)11-20-15-3-4-17(12-15)21(20,13-24)16-5-9-19(23)10-6-16/h1-10,13,15,17,20H,11-12H2/t15-,17+,20+,21-/m0/s1. The van der Waals surface area contributed by atoms with Crippen LogP contribution in [-0.2, 0) is 16.6 Å². The molecule has 2 aromatic rings. The number of benzene rings is 2. The summed E-state index contributed by atoms with van der Waals surface area (Å²) in [7, 11) is 0. The summed E-state index contributed by atoms with van der Waals surface area (Å²) in [4.78, 5) is 12.3. The molecular formula is C21H18F2O. The quantitative estimate of drug-likeness (QED) is 0.599. The van der Waals surface area contributed by atoms with Crippen molar-refractivity contribution in [2.24, 2.45) is 17.8 Å². The first-order chi connectivity index (χ1) is 11.6. The van der Waals surface area contributed by atoms with Crippen LogP contribution in [0.1, 0.15) is 17.5 Å². The van der Waals surface area contributed by atoms with Crippen LogP contribution < -0.4 is 0 Å². The fourth-order valence-corrected chi connectivity index (χ4v) is 4.61. The van der Waals surface area contributed by atoms with Crippen molar-refractivity contribution in [1.82, 2.24) is 0 Å². The highest BCUT2D eigenvalue weighted by Crippen LogP contribution is 2.57. The minimum Gasteiger partial charge on any atom is -0.302 e. The lowest BCUT2D eigenvalue weighted by molar-refractivity contribution is -0.115. The molecule has 0 aliphatic heterocycles. The monoisotopic (exact) mass is 324 g/mol. The molecule has 0 N–H and O–H groups in total. The number of carbonyl (C=O) groups is 1. The van der Waals surface area contributed by atoms with E-state index in [0.29, 0.717) is 12.3 Å². The van der Waals surface area contributed by atoms with Gasteiger partial charge in [0, 0.05) is 0 Å². The van der Waals surface area contributed by atoms with E-state index in [1.807, 2.05) is 0 Å². The van der Waals surface area contributed by atoms with Gasteiger partial charge in [0.2, 0.25) is 0 Å². The molecule has 1 fully saturated rings. The molecule has 0 saturated heterocycles. The van der Waals surface area contributed by atoms with Crippen LogP contribution in [-0.4, -0.2) is 6.29 Å². The Balaban J connectivity index is 1.75. The molecule has 24 heavy (non-hydrogen) atoms. The average molecular weight is 324 g/mol. The molecule has 1 saturated carbocycles. The Labute approximate surface area is 140 Å². The molecule has 0 heterocycles. The average Bonchev–Trinajstić information content (AvgIpc) is 3.18. The van der Waals surface area contributed by atoms with Crippen LogP contribution in [0.25, 0.3) is 0 Å². The van der Waals surface area contributed by atoms with Gasteiger partial charge in [-0.25, -0.2) is 8.78 Å². The number of aldehydes is 1. The summed E-state index contributed by atoms with van der Waals surface area (Å²) in [6.07, 6.45) is 7.04. The summed E-state index contributed by atoms with van der Waals surface area (Å²) in [5, 5.41) is 0. The zero-order valence-electron chi connectivity index (χ0n) is 13.2. The van der Waals surface area contributed by atoms with Crippen LogP contribution in [0.3, 0.4) is 0 Å². The van der Waals surface area contributed by atoms with Gasteiger partial charge in [-0.05, 0) is 66.0 Å². The summed E-state index contributed by atoms with van der Waals surface area (Å²) in [6, 6.07) is 12.8. The van der Waals surface area contributed by atoms with Crippen molar-refractivity contribution < 1.29 is 13.6 Å². The Bertz CT molecular complexity index is 778. The van der Waals surface area contributed by atoms with Gasteiger partial charge in [-0.2, -0.15) is 0 Å². The molecule has 2 bridgehead atoms. The van der Waals surface area contributed by atoms with Crippen molar-refractivity contribution in [1.29, 1.82) is 0 Å². The summed E-state index contributed by atoms with van der Waals surface area (Å²) < 4.78 is 26.5. The maximum absolute atomic E-state index is 13.3. The van der Waals surface area contributed by atoms with E-state index in [1.54, 1.807) is 24.3 Å². The molecule has 2 aliphatic carbocycles. The summed E-state index contributed by atoms with van der Waals surface area (Å²) in [5.74, 6) is 0.0347. The number of hydrogen-bond acceptors (Lipinski definition) is 1. The second-order valence-corrected chi connectivity index (χ2v) is 6.89. The van der Waals surface area contributed by atoms with Gasteiger partial charge in [0.15, 0.2) is 0 Å². The van der Waals surface area contributed by atoms with Crippen LogP contribution in [0.2, 0.25) is 0 Å². The SMILES string of the molecule is O=C[C@]1(c2ccc(F)cc2)[C@@H]2C=C[C@@H](C2)[C@H]1Cc1ccc(F)cc1. The second kappa shape index (κ2) is 5.66. The fourth-order valence-electron chi connectivity index (χ4n) is 4.61. The van der Waals surface area contributed by atoms with Crippen molar-refractivity contribution in [2.75, 3.05) is 0 Å².